The smallest absolute Gasteiger partial charge is 0.277 e. The number of hydrogen-bond donors (Lipinski definition) is 1. The number of alkyl halides is 2. The molecule has 0 amide bonds. The molecule has 2 aromatic heterocycles. The van der Waals surface area contributed by atoms with E-state index in [-0.39, 0.29) is 18.5 Å². The number of hydrogen-bond acceptors (Lipinski definition) is 4. The van der Waals surface area contributed by atoms with E-state index in [4.69, 9.17) is 5.73 Å². The van der Waals surface area contributed by atoms with Crippen molar-refractivity contribution < 1.29 is 8.78 Å². The van der Waals surface area contributed by atoms with Crippen molar-refractivity contribution in [2.45, 2.75) is 18.9 Å². The van der Waals surface area contributed by atoms with E-state index in [1.807, 2.05) is 0 Å². The summed E-state index contributed by atoms with van der Waals surface area (Å²) in [7, 11) is 0. The topological polar surface area (TPSA) is 60.9 Å². The van der Waals surface area contributed by atoms with Crippen LogP contribution in [0.4, 0.5) is 14.5 Å². The molecule has 1 atom stereocenters. The Morgan fingerprint density at radius 1 is 1.65 bits per heavy atom. The van der Waals surface area contributed by atoms with Crippen LogP contribution in [0.3, 0.4) is 0 Å². The zero-order valence-electron chi connectivity index (χ0n) is 8.69. The molecule has 1 saturated carbocycles. The first kappa shape index (κ1) is 10.6. The fraction of sp³-hybridized carbons (Fsp3) is 0.400. The average Bonchev–Trinajstić information content (AvgIpc) is 2.69. The minimum atomic E-state index is -2.64. The Bertz CT molecular complexity index is 649. The number of nitrogen functional groups attached to an aromatic ring is 1. The van der Waals surface area contributed by atoms with E-state index in [9.17, 15) is 13.6 Å². The number of thiophene rings is 1. The number of aromatic nitrogens is 2. The van der Waals surface area contributed by atoms with Gasteiger partial charge in [0.1, 0.15) is 0 Å². The van der Waals surface area contributed by atoms with Crippen molar-refractivity contribution in [3.05, 3.63) is 21.9 Å². The van der Waals surface area contributed by atoms with Crippen molar-refractivity contribution >= 4 is 27.1 Å². The van der Waals surface area contributed by atoms with Crippen molar-refractivity contribution in [3.8, 4) is 0 Å². The first-order chi connectivity index (χ1) is 7.99. The second-order valence-corrected chi connectivity index (χ2v) is 5.14. The molecule has 3 rings (SSSR count). The molecule has 2 heterocycles. The SMILES string of the molecule is Nc1csc2cnn(CC3CC3(F)F)c(=O)c12. The molecular weight excluding hydrogens is 248 g/mol. The van der Waals surface area contributed by atoms with Gasteiger partial charge in [-0.1, -0.05) is 0 Å². The quantitative estimate of drug-likeness (QED) is 0.890. The maximum atomic E-state index is 12.8. The van der Waals surface area contributed by atoms with Crippen LogP contribution in [0.15, 0.2) is 16.4 Å². The van der Waals surface area contributed by atoms with Crippen LogP contribution in [-0.2, 0) is 6.54 Å². The molecule has 17 heavy (non-hydrogen) atoms. The first-order valence-corrected chi connectivity index (χ1v) is 5.97. The molecule has 7 heteroatoms. The summed E-state index contributed by atoms with van der Waals surface area (Å²) in [4.78, 5) is 12.0. The Hall–Kier alpha value is -1.50. The van der Waals surface area contributed by atoms with Crippen LogP contribution in [0.5, 0.6) is 0 Å². The van der Waals surface area contributed by atoms with Crippen molar-refractivity contribution in [3.63, 3.8) is 0 Å². The Morgan fingerprint density at radius 2 is 2.35 bits per heavy atom. The monoisotopic (exact) mass is 257 g/mol. The predicted octanol–water partition coefficient (Wildman–Crippen LogP) is 1.70. The van der Waals surface area contributed by atoms with Crippen LogP contribution < -0.4 is 11.3 Å². The molecule has 0 spiro atoms. The van der Waals surface area contributed by atoms with Gasteiger partial charge >= 0.3 is 0 Å². The van der Waals surface area contributed by atoms with E-state index in [1.165, 1.54) is 17.5 Å². The summed E-state index contributed by atoms with van der Waals surface area (Å²) in [6.07, 6.45) is 1.33. The lowest BCUT2D eigenvalue weighted by Crippen LogP contribution is -2.24. The summed E-state index contributed by atoms with van der Waals surface area (Å²) in [5.74, 6) is -3.42. The fourth-order valence-corrected chi connectivity index (χ4v) is 2.62. The summed E-state index contributed by atoms with van der Waals surface area (Å²) in [5.41, 5.74) is 5.66. The van der Waals surface area contributed by atoms with Gasteiger partial charge < -0.3 is 5.73 Å². The average molecular weight is 257 g/mol. The van der Waals surface area contributed by atoms with Gasteiger partial charge in [0.15, 0.2) is 0 Å². The Balaban J connectivity index is 2.03. The number of nitrogens with zero attached hydrogens (tertiary/aromatic N) is 2. The van der Waals surface area contributed by atoms with Crippen LogP contribution in [0.25, 0.3) is 10.1 Å². The van der Waals surface area contributed by atoms with Crippen molar-refractivity contribution in [1.82, 2.24) is 9.78 Å². The lowest BCUT2D eigenvalue weighted by molar-refractivity contribution is 0.0939. The Morgan fingerprint density at radius 3 is 3.00 bits per heavy atom. The standard InChI is InChI=1S/C10H9F2N3OS/c11-10(12)1-5(10)3-15-9(16)8-6(13)4-17-7(8)2-14-15/h2,4-5H,1,3,13H2. The number of nitrogens with two attached hydrogens (primary N) is 1. The van der Waals surface area contributed by atoms with Crippen LogP contribution in [-0.4, -0.2) is 15.7 Å². The van der Waals surface area contributed by atoms with Gasteiger partial charge in [0, 0.05) is 17.7 Å². The third-order valence-electron chi connectivity index (χ3n) is 2.96. The fourth-order valence-electron chi connectivity index (χ4n) is 1.82. The summed E-state index contributed by atoms with van der Waals surface area (Å²) in [6.45, 7) is -0.0446. The highest BCUT2D eigenvalue weighted by Gasteiger charge is 2.57. The summed E-state index contributed by atoms with van der Waals surface area (Å²) >= 11 is 1.32. The van der Waals surface area contributed by atoms with Gasteiger partial charge in [-0.25, -0.2) is 13.5 Å². The van der Waals surface area contributed by atoms with Crippen LogP contribution in [0.1, 0.15) is 6.42 Å². The second-order valence-electron chi connectivity index (χ2n) is 4.22. The number of anilines is 1. The van der Waals surface area contributed by atoms with E-state index in [1.54, 1.807) is 5.38 Å². The third kappa shape index (κ3) is 1.61. The minimum absolute atomic E-state index is 0.0446. The largest absolute Gasteiger partial charge is 0.397 e. The lowest BCUT2D eigenvalue weighted by Gasteiger charge is -2.03. The van der Waals surface area contributed by atoms with E-state index in [0.717, 1.165) is 4.68 Å². The molecule has 2 aromatic rings. The maximum absolute atomic E-state index is 12.8. The summed E-state index contributed by atoms with van der Waals surface area (Å²) in [6, 6.07) is 0. The molecular formula is C10H9F2N3OS. The summed E-state index contributed by atoms with van der Waals surface area (Å²) in [5, 5.41) is 5.93. The molecule has 90 valence electrons. The van der Waals surface area contributed by atoms with E-state index in [2.05, 4.69) is 5.10 Å². The molecule has 1 unspecified atom stereocenters. The number of halogens is 2. The van der Waals surface area contributed by atoms with Crippen LogP contribution >= 0.6 is 11.3 Å². The van der Waals surface area contributed by atoms with Crippen molar-refractivity contribution in [1.29, 1.82) is 0 Å². The van der Waals surface area contributed by atoms with Crippen LogP contribution in [0.2, 0.25) is 0 Å². The zero-order valence-corrected chi connectivity index (χ0v) is 9.51. The normalized spacial score (nSPS) is 21.9. The third-order valence-corrected chi connectivity index (χ3v) is 3.89. The first-order valence-electron chi connectivity index (χ1n) is 5.09. The highest BCUT2D eigenvalue weighted by molar-refractivity contribution is 7.17. The minimum Gasteiger partial charge on any atom is -0.397 e. The zero-order chi connectivity index (χ0) is 12.2. The van der Waals surface area contributed by atoms with Crippen molar-refractivity contribution in [2.24, 2.45) is 5.92 Å². The van der Waals surface area contributed by atoms with Crippen molar-refractivity contribution in [2.75, 3.05) is 5.73 Å². The molecule has 1 aliphatic rings. The summed E-state index contributed by atoms with van der Waals surface area (Å²) < 4.78 is 27.3. The molecule has 2 N–H and O–H groups in total. The Labute approximate surface area is 98.7 Å². The molecule has 0 aliphatic heterocycles. The molecule has 0 aromatic carbocycles. The van der Waals surface area contributed by atoms with Gasteiger partial charge in [0.25, 0.3) is 11.5 Å². The Kier molecular flexibility index (Phi) is 2.04. The molecule has 0 radical (unpaired) electrons. The van der Waals surface area contributed by atoms with Crippen LogP contribution in [0, 0.1) is 5.92 Å². The second kappa shape index (κ2) is 3.25. The highest BCUT2D eigenvalue weighted by Crippen LogP contribution is 2.49. The van der Waals surface area contributed by atoms with Gasteiger partial charge in [0.2, 0.25) is 0 Å². The number of fused-ring (bicyclic) bond motifs is 1. The van der Waals surface area contributed by atoms with Gasteiger partial charge in [-0.2, -0.15) is 5.10 Å². The molecule has 0 saturated heterocycles. The van der Waals surface area contributed by atoms with E-state index in [0.29, 0.717) is 15.8 Å². The maximum Gasteiger partial charge on any atom is 0.277 e. The van der Waals surface area contributed by atoms with Gasteiger partial charge in [-0.15, -0.1) is 11.3 Å². The predicted molar refractivity (Wildman–Crippen MR) is 61.3 cm³/mol. The lowest BCUT2D eigenvalue weighted by atomic mass is 10.3. The van der Waals surface area contributed by atoms with E-state index < -0.39 is 11.8 Å². The molecule has 1 aliphatic carbocycles. The van der Waals surface area contributed by atoms with Gasteiger partial charge in [-0.3, -0.25) is 4.79 Å². The molecule has 4 nitrogen and oxygen atoms in total. The highest BCUT2D eigenvalue weighted by atomic mass is 32.1. The van der Waals surface area contributed by atoms with Gasteiger partial charge in [-0.05, 0) is 0 Å². The molecule has 1 fully saturated rings. The van der Waals surface area contributed by atoms with Gasteiger partial charge in [0.05, 0.1) is 28.5 Å². The number of rotatable bonds is 2. The molecule has 0 bridgehead atoms. The van der Waals surface area contributed by atoms with E-state index >= 15 is 0 Å².